The van der Waals surface area contributed by atoms with Crippen molar-refractivity contribution >= 4 is 27.3 Å². The van der Waals surface area contributed by atoms with Crippen LogP contribution in [0, 0.1) is 0 Å². The van der Waals surface area contributed by atoms with Gasteiger partial charge in [-0.25, -0.2) is 13.1 Å². The lowest BCUT2D eigenvalue weighted by Crippen LogP contribution is -2.31. The van der Waals surface area contributed by atoms with Crippen LogP contribution in [-0.2, 0) is 16.6 Å². The van der Waals surface area contributed by atoms with E-state index in [1.54, 1.807) is 26.0 Å². The van der Waals surface area contributed by atoms with Crippen LogP contribution in [0.15, 0.2) is 40.0 Å². The molecular weight excluding hydrogens is 442 g/mol. The zero-order chi connectivity index (χ0) is 24.0. The number of hydrogen-bond acceptors (Lipinski definition) is 6. The third kappa shape index (κ3) is 5.62. The number of aromatic nitrogens is 2. The van der Waals surface area contributed by atoms with Gasteiger partial charge < -0.3 is 10.2 Å². The van der Waals surface area contributed by atoms with Gasteiger partial charge in [0.15, 0.2) is 0 Å². The van der Waals surface area contributed by atoms with Crippen molar-refractivity contribution in [1.29, 1.82) is 0 Å². The molecule has 10 heteroatoms. The second-order valence-corrected chi connectivity index (χ2v) is 9.99. The summed E-state index contributed by atoms with van der Waals surface area (Å²) in [6.07, 6.45) is 3.76. The molecule has 1 amide bonds. The number of hydrogen-bond donors (Lipinski definition) is 1. The zero-order valence-corrected chi connectivity index (χ0v) is 20.4. The normalized spacial score (nSPS) is 14.1. The Morgan fingerprint density at radius 3 is 2.42 bits per heavy atom. The van der Waals surface area contributed by atoms with E-state index in [1.165, 1.54) is 27.2 Å². The van der Waals surface area contributed by atoms with E-state index in [2.05, 4.69) is 15.3 Å². The monoisotopic (exact) mass is 475 g/mol. The van der Waals surface area contributed by atoms with Crippen LogP contribution < -0.4 is 15.8 Å². The third-order valence-electron chi connectivity index (χ3n) is 5.83. The lowest BCUT2D eigenvalue weighted by atomic mass is 10.2. The Kier molecular flexibility index (Phi) is 8.25. The van der Waals surface area contributed by atoms with Crippen LogP contribution in [0.2, 0.25) is 0 Å². The van der Waals surface area contributed by atoms with Gasteiger partial charge in [-0.2, -0.15) is 9.40 Å². The van der Waals surface area contributed by atoms with Crippen LogP contribution >= 0.6 is 0 Å². The van der Waals surface area contributed by atoms with Gasteiger partial charge in [-0.05, 0) is 43.5 Å². The molecule has 33 heavy (non-hydrogen) atoms. The number of carbonyl (C=O) groups is 1. The number of rotatable bonds is 10. The van der Waals surface area contributed by atoms with E-state index in [9.17, 15) is 18.0 Å². The van der Waals surface area contributed by atoms with E-state index in [1.807, 2.05) is 6.92 Å². The highest BCUT2D eigenvalue weighted by atomic mass is 32.2. The van der Waals surface area contributed by atoms with Crippen molar-refractivity contribution in [2.24, 2.45) is 0 Å². The fourth-order valence-corrected chi connectivity index (χ4v) is 5.43. The average molecular weight is 476 g/mol. The molecule has 1 saturated heterocycles. The first-order valence-corrected chi connectivity index (χ1v) is 13.0. The largest absolute Gasteiger partial charge is 0.370 e. The van der Waals surface area contributed by atoms with Gasteiger partial charge in [0.05, 0.1) is 16.3 Å². The smallest absolute Gasteiger partial charge is 0.276 e. The Bertz CT molecular complexity index is 1140. The molecule has 0 spiro atoms. The highest BCUT2D eigenvalue weighted by Crippen LogP contribution is 2.32. The minimum atomic E-state index is -3.68. The fraction of sp³-hybridized carbons (Fsp3) is 0.522. The van der Waals surface area contributed by atoms with Gasteiger partial charge in [-0.1, -0.05) is 27.2 Å². The molecule has 0 radical (unpaired) electrons. The molecule has 0 saturated carbocycles. The van der Waals surface area contributed by atoms with Crippen molar-refractivity contribution in [2.45, 2.75) is 57.9 Å². The maximum absolute atomic E-state index is 13.1. The number of nitrogens with one attached hydrogen (secondary N) is 1. The minimum Gasteiger partial charge on any atom is -0.370 e. The average Bonchev–Trinajstić information content (AvgIpc) is 3.33. The summed E-state index contributed by atoms with van der Waals surface area (Å²) < 4.78 is 28.8. The van der Waals surface area contributed by atoms with Gasteiger partial charge in [0.2, 0.25) is 10.0 Å². The topological polar surface area (TPSA) is 105 Å². The Hall–Kier alpha value is -2.72. The first-order chi connectivity index (χ1) is 15.8. The Balaban J connectivity index is 1.97. The van der Waals surface area contributed by atoms with Crippen LogP contribution in [-0.4, -0.2) is 54.6 Å². The molecule has 0 bridgehead atoms. The molecule has 9 nitrogen and oxygen atoms in total. The molecule has 1 aromatic heterocycles. The van der Waals surface area contributed by atoms with Gasteiger partial charge >= 0.3 is 0 Å². The van der Waals surface area contributed by atoms with Crippen LogP contribution in [0.25, 0.3) is 0 Å². The molecule has 1 fully saturated rings. The molecule has 0 aliphatic carbocycles. The second-order valence-electron chi connectivity index (χ2n) is 8.05. The van der Waals surface area contributed by atoms with Crippen molar-refractivity contribution in [3.05, 3.63) is 46.4 Å². The van der Waals surface area contributed by atoms with Gasteiger partial charge in [-0.15, -0.1) is 0 Å². The molecule has 1 aliphatic heterocycles. The lowest BCUT2D eigenvalue weighted by molar-refractivity contribution is 0.101. The van der Waals surface area contributed by atoms with E-state index >= 15 is 0 Å². The molecule has 2 aromatic rings. The van der Waals surface area contributed by atoms with E-state index in [0.717, 1.165) is 44.5 Å². The molecule has 0 unspecified atom stereocenters. The maximum Gasteiger partial charge on any atom is 0.276 e. The van der Waals surface area contributed by atoms with Crippen molar-refractivity contribution in [3.63, 3.8) is 0 Å². The maximum atomic E-state index is 13.1. The molecule has 180 valence electrons. The van der Waals surface area contributed by atoms with Gasteiger partial charge in [0.1, 0.15) is 5.69 Å². The summed E-state index contributed by atoms with van der Waals surface area (Å²) in [4.78, 5) is 27.4. The minimum absolute atomic E-state index is 0.107. The summed E-state index contributed by atoms with van der Waals surface area (Å²) in [5, 5.41) is 7.06. The van der Waals surface area contributed by atoms with Crippen LogP contribution in [0.3, 0.4) is 0 Å². The highest BCUT2D eigenvalue weighted by molar-refractivity contribution is 7.89. The predicted molar refractivity (Wildman–Crippen MR) is 129 cm³/mol. The first kappa shape index (κ1) is 24.9. The van der Waals surface area contributed by atoms with Gasteiger partial charge in [-0.3, -0.25) is 9.59 Å². The number of nitrogens with zero attached hydrogens (tertiary/aromatic N) is 4. The second kappa shape index (κ2) is 10.9. The number of benzene rings is 1. The first-order valence-electron chi connectivity index (χ1n) is 11.6. The Morgan fingerprint density at radius 2 is 1.79 bits per heavy atom. The van der Waals surface area contributed by atoms with Gasteiger partial charge in [0.25, 0.3) is 11.5 Å². The molecule has 1 aliphatic rings. The molecule has 1 N–H and O–H groups in total. The Morgan fingerprint density at radius 1 is 1.09 bits per heavy atom. The Labute approximate surface area is 195 Å². The van der Waals surface area contributed by atoms with Crippen LogP contribution in [0.5, 0.6) is 0 Å². The van der Waals surface area contributed by atoms with Crippen molar-refractivity contribution in [3.8, 4) is 0 Å². The molecule has 1 aromatic carbocycles. The highest BCUT2D eigenvalue weighted by Gasteiger charge is 2.25. The SMILES string of the molecule is CCCCn1nc(C(=O)Nc2cc(S(=O)(=O)N(CC)CC)ccc2N2CCCC2)ccc1=O. The van der Waals surface area contributed by atoms with E-state index in [4.69, 9.17) is 0 Å². The molecular formula is C23H33N5O4S. The van der Waals surface area contributed by atoms with Crippen LogP contribution in [0.1, 0.15) is 56.9 Å². The van der Waals surface area contributed by atoms with Gasteiger partial charge in [0, 0.05) is 38.8 Å². The predicted octanol–water partition coefficient (Wildman–Crippen LogP) is 2.93. The molecule has 2 heterocycles. The molecule has 3 rings (SSSR count). The summed E-state index contributed by atoms with van der Waals surface area (Å²) in [6.45, 7) is 8.43. The van der Waals surface area contributed by atoms with Crippen molar-refractivity contribution in [1.82, 2.24) is 14.1 Å². The summed E-state index contributed by atoms with van der Waals surface area (Å²) in [7, 11) is -3.68. The van der Waals surface area contributed by atoms with E-state index in [0.29, 0.717) is 25.3 Å². The third-order valence-corrected chi connectivity index (χ3v) is 7.87. The van der Waals surface area contributed by atoms with E-state index < -0.39 is 15.9 Å². The number of sulfonamides is 1. The van der Waals surface area contributed by atoms with Crippen molar-refractivity contribution < 1.29 is 13.2 Å². The molecule has 0 atom stereocenters. The number of carbonyl (C=O) groups excluding carboxylic acids is 1. The summed E-state index contributed by atoms with van der Waals surface area (Å²) in [6, 6.07) is 7.60. The standard InChI is InChI=1S/C23H33N5O4S/c1-4-7-16-28-22(29)13-11-19(25-28)23(30)24-20-17-18(33(31,32)27(5-2)6-3)10-12-21(20)26-14-8-9-15-26/h10-13,17H,4-9,14-16H2,1-3H3,(H,24,30). The zero-order valence-electron chi connectivity index (χ0n) is 19.6. The van der Waals surface area contributed by atoms with E-state index in [-0.39, 0.29) is 16.1 Å². The van der Waals surface area contributed by atoms with Crippen molar-refractivity contribution in [2.75, 3.05) is 36.4 Å². The quantitative estimate of drug-likeness (QED) is 0.567. The number of anilines is 2. The summed E-state index contributed by atoms with van der Waals surface area (Å²) >= 11 is 0. The summed E-state index contributed by atoms with van der Waals surface area (Å²) in [5.41, 5.74) is 1.04. The number of unbranched alkanes of at least 4 members (excludes halogenated alkanes) is 1. The number of aryl methyl sites for hydroxylation is 1. The number of amides is 1. The lowest BCUT2D eigenvalue weighted by Gasteiger charge is -2.24. The fourth-order valence-electron chi connectivity index (χ4n) is 3.95. The van der Waals surface area contributed by atoms with Crippen LogP contribution in [0.4, 0.5) is 11.4 Å². The summed E-state index contributed by atoms with van der Waals surface area (Å²) in [5.74, 6) is -0.488.